The van der Waals surface area contributed by atoms with Crippen molar-refractivity contribution < 1.29 is 0 Å². The van der Waals surface area contributed by atoms with Gasteiger partial charge in [-0.05, 0) is 170 Å². The highest BCUT2D eigenvalue weighted by Crippen LogP contribution is 2.57. The Morgan fingerprint density at radius 2 is 0.607 bits per heavy atom. The van der Waals surface area contributed by atoms with Crippen molar-refractivity contribution >= 4 is 148 Å². The lowest BCUT2D eigenvalue weighted by Gasteiger charge is -2.37. The van der Waals surface area contributed by atoms with Crippen molar-refractivity contribution in [2.45, 2.75) is 19.6 Å². The first-order chi connectivity index (χ1) is 41.7. The second-order valence-corrected chi connectivity index (χ2v) is 31.7. The molecule has 0 saturated heterocycles. The summed E-state index contributed by atoms with van der Waals surface area (Å²) in [5.41, 5.74) is 12.1. The third-order valence-corrected chi connectivity index (χ3v) is 29.9. The molecule has 0 radical (unpaired) electrons. The summed E-state index contributed by atoms with van der Waals surface area (Å²) in [6, 6.07) is 86.9. The molecule has 4 aromatic heterocycles. The fourth-order valence-electron chi connectivity index (χ4n) is 14.8. The van der Waals surface area contributed by atoms with Crippen molar-refractivity contribution in [1.29, 1.82) is 0 Å². The number of nitrogens with zero attached hydrogens (tertiary/aromatic N) is 6. The fraction of sp³-hybridized carbons (Fsp3) is 0. The maximum Gasteiger partial charge on any atom is 0.184 e. The third-order valence-electron chi connectivity index (χ3n) is 18.1. The molecule has 392 valence electrons. The third kappa shape index (κ3) is 6.59. The van der Waals surface area contributed by atoms with Gasteiger partial charge in [-0.2, -0.15) is 0 Å². The number of para-hydroxylation sites is 2. The monoisotopic (exact) mass is 1140 g/mol. The van der Waals surface area contributed by atoms with Gasteiger partial charge in [-0.1, -0.05) is 169 Å². The van der Waals surface area contributed by atoms with Gasteiger partial charge in [0.05, 0.1) is 34.1 Å². The van der Waals surface area contributed by atoms with Crippen LogP contribution in [0.2, 0.25) is 0 Å². The molecular formula is C74H46N6S2Si2. The SMILES string of the molecule is c1cncc([Si]2(c3cccnc3)c3ccccc3-c3cc4c(cc32)N(c2cc3c5ccccc5c(N5c6ccccc6Sc6cc7c(cc65)[Si](c5cccnc5)(c5cccnc5)c5ccccc5-7)cc3c3ccccc23)c2ccccc2S4)c1. The summed E-state index contributed by atoms with van der Waals surface area (Å²) in [7, 11) is -5.90. The number of aromatic nitrogens is 4. The average molecular weight is 1140 g/mol. The summed E-state index contributed by atoms with van der Waals surface area (Å²) in [6.45, 7) is 0. The van der Waals surface area contributed by atoms with E-state index in [1.807, 2.05) is 48.3 Å². The molecule has 0 unspecified atom stereocenters. The normalized spacial score (nSPS) is 14.5. The molecular weight excluding hydrogens is 1090 g/mol. The highest BCUT2D eigenvalue weighted by Gasteiger charge is 2.52. The van der Waals surface area contributed by atoms with Crippen LogP contribution in [0.15, 0.2) is 300 Å². The summed E-state index contributed by atoms with van der Waals surface area (Å²) < 4.78 is 0. The number of fused-ring (bicyclic) bond motifs is 15. The van der Waals surface area contributed by atoms with Gasteiger partial charge in [0.15, 0.2) is 16.1 Å². The van der Waals surface area contributed by atoms with Gasteiger partial charge in [-0.3, -0.25) is 19.9 Å². The van der Waals surface area contributed by atoms with Crippen molar-refractivity contribution in [3.8, 4) is 22.3 Å². The van der Waals surface area contributed by atoms with Gasteiger partial charge >= 0.3 is 0 Å². The maximum absolute atomic E-state index is 4.81. The largest absolute Gasteiger partial charge is 0.308 e. The standard InChI is InChI=1S/C74H46N6S2Si2/c1-3-23-53-51(21-1)57-37-64(80-62-28-8-10-30-68(62)82-70-40-60-56-26-6-12-32-72(56)84(74(60)42-66(70)80,49-19-15-35-77-45-49)50-20-16-36-78-46-50)54-24-4-2-22-52(54)58(57)38-63(53)79-61-27-7-9-29-67(61)81-69-39-59-55-25-5-11-31-71(55)83(73(59)41-65(69)79,47-17-13-33-75-43-47)48-18-14-34-76-44-48/h1-46H. The fourth-order valence-corrected chi connectivity index (χ4v) is 27.0. The van der Waals surface area contributed by atoms with E-state index in [9.17, 15) is 0 Å². The van der Waals surface area contributed by atoms with Gasteiger partial charge in [0.1, 0.15) is 0 Å². The minimum atomic E-state index is -2.95. The molecule has 14 aromatic rings. The molecule has 10 aromatic carbocycles. The summed E-state index contributed by atoms with van der Waals surface area (Å²) in [4.78, 5) is 29.3. The molecule has 0 atom stereocenters. The molecule has 0 N–H and O–H groups in total. The van der Waals surface area contributed by atoms with E-state index in [4.69, 9.17) is 19.9 Å². The Balaban J connectivity index is 0.891. The molecule has 0 aliphatic carbocycles. The van der Waals surface area contributed by atoms with Crippen LogP contribution in [0.1, 0.15) is 0 Å². The Hall–Kier alpha value is -9.69. The van der Waals surface area contributed by atoms with Crippen molar-refractivity contribution in [3.63, 3.8) is 0 Å². The van der Waals surface area contributed by atoms with E-state index in [2.05, 4.69) is 265 Å². The zero-order chi connectivity index (χ0) is 55.1. The number of benzene rings is 10. The molecule has 0 spiro atoms. The molecule has 0 bridgehead atoms. The van der Waals surface area contributed by atoms with Gasteiger partial charge in [0.2, 0.25) is 0 Å². The number of hydrogen-bond donors (Lipinski definition) is 0. The van der Waals surface area contributed by atoms with Crippen molar-refractivity contribution in [3.05, 3.63) is 280 Å². The van der Waals surface area contributed by atoms with Crippen LogP contribution >= 0.6 is 23.5 Å². The Morgan fingerprint density at radius 3 is 1.00 bits per heavy atom. The topological polar surface area (TPSA) is 58.0 Å². The molecule has 0 amide bonds. The lowest BCUT2D eigenvalue weighted by molar-refractivity contribution is 1.18. The van der Waals surface area contributed by atoms with Crippen molar-refractivity contribution in [1.82, 2.24) is 19.9 Å². The van der Waals surface area contributed by atoms with Crippen LogP contribution < -0.4 is 51.3 Å². The summed E-state index contributed by atoms with van der Waals surface area (Å²) in [5, 5.41) is 17.6. The summed E-state index contributed by atoms with van der Waals surface area (Å²) in [6.07, 6.45) is 16.0. The summed E-state index contributed by atoms with van der Waals surface area (Å²) >= 11 is 3.74. The molecule has 18 rings (SSSR count). The average Bonchev–Trinajstić information content (AvgIpc) is 1.56. The minimum absolute atomic E-state index is 1.14. The van der Waals surface area contributed by atoms with Crippen LogP contribution in [0, 0.1) is 0 Å². The van der Waals surface area contributed by atoms with E-state index in [-0.39, 0.29) is 0 Å². The quantitative estimate of drug-likeness (QED) is 0.121. The van der Waals surface area contributed by atoms with Gasteiger partial charge < -0.3 is 9.80 Å². The predicted octanol–water partition coefficient (Wildman–Crippen LogP) is 13.3. The van der Waals surface area contributed by atoms with Crippen LogP contribution in [0.3, 0.4) is 0 Å². The molecule has 0 fully saturated rings. The van der Waals surface area contributed by atoms with Gasteiger partial charge in [-0.15, -0.1) is 0 Å². The van der Waals surface area contributed by atoms with Crippen LogP contribution in [0.25, 0.3) is 54.6 Å². The van der Waals surface area contributed by atoms with Gasteiger partial charge in [0.25, 0.3) is 0 Å². The van der Waals surface area contributed by atoms with E-state index >= 15 is 0 Å². The molecule has 4 aliphatic rings. The molecule has 8 heterocycles. The van der Waals surface area contributed by atoms with Crippen LogP contribution in [0.5, 0.6) is 0 Å². The van der Waals surface area contributed by atoms with E-state index in [1.54, 1.807) is 0 Å². The summed E-state index contributed by atoms with van der Waals surface area (Å²) in [5.74, 6) is 0. The Morgan fingerprint density at radius 1 is 0.250 bits per heavy atom. The highest BCUT2D eigenvalue weighted by molar-refractivity contribution is 8.00. The van der Waals surface area contributed by atoms with Crippen LogP contribution in [-0.2, 0) is 0 Å². The Labute approximate surface area is 495 Å². The zero-order valence-electron chi connectivity index (χ0n) is 45.1. The number of rotatable bonds is 6. The Kier molecular flexibility index (Phi) is 10.5. The molecule has 0 saturated carbocycles. The van der Waals surface area contributed by atoms with E-state index in [1.165, 1.54) is 127 Å². The van der Waals surface area contributed by atoms with Crippen LogP contribution in [-0.4, -0.2) is 36.1 Å². The van der Waals surface area contributed by atoms with E-state index < -0.39 is 16.1 Å². The van der Waals surface area contributed by atoms with E-state index in [0.717, 1.165) is 22.7 Å². The smallest absolute Gasteiger partial charge is 0.184 e. The molecule has 10 heteroatoms. The first-order valence-electron chi connectivity index (χ1n) is 28.4. The van der Waals surface area contributed by atoms with Gasteiger partial charge in [0, 0.05) is 79.9 Å². The minimum Gasteiger partial charge on any atom is -0.308 e. The zero-order valence-corrected chi connectivity index (χ0v) is 48.7. The van der Waals surface area contributed by atoms with Gasteiger partial charge in [-0.25, -0.2) is 0 Å². The van der Waals surface area contributed by atoms with Crippen molar-refractivity contribution in [2.24, 2.45) is 0 Å². The second kappa shape index (κ2) is 18.4. The predicted molar refractivity (Wildman–Crippen MR) is 353 cm³/mol. The number of pyridine rings is 4. The van der Waals surface area contributed by atoms with E-state index in [0.29, 0.717) is 0 Å². The van der Waals surface area contributed by atoms with Crippen molar-refractivity contribution in [2.75, 3.05) is 9.80 Å². The lowest BCUT2D eigenvalue weighted by atomic mass is 9.93. The Bertz CT molecular complexity index is 4670. The van der Waals surface area contributed by atoms with Crippen LogP contribution in [0.4, 0.5) is 34.1 Å². The molecule has 4 aliphatic heterocycles. The second-order valence-electron chi connectivity index (χ2n) is 22.1. The first-order valence-corrected chi connectivity index (χ1v) is 34.0. The molecule has 6 nitrogen and oxygen atoms in total. The number of anilines is 6. The first kappa shape index (κ1) is 47.9. The maximum atomic E-state index is 4.81. The number of hydrogen-bond acceptors (Lipinski definition) is 8. The molecule has 84 heavy (non-hydrogen) atoms. The lowest BCUT2D eigenvalue weighted by Crippen LogP contribution is -2.73. The highest BCUT2D eigenvalue weighted by atomic mass is 32.2.